The van der Waals surface area contributed by atoms with Crippen molar-refractivity contribution < 1.29 is 9.90 Å². The van der Waals surface area contributed by atoms with Crippen LogP contribution in [0.15, 0.2) is 42.7 Å². The van der Waals surface area contributed by atoms with E-state index in [1.807, 2.05) is 40.9 Å². The molecule has 1 saturated carbocycles. The van der Waals surface area contributed by atoms with Crippen LogP contribution in [0.5, 0.6) is 5.75 Å². The van der Waals surface area contributed by atoms with Crippen molar-refractivity contribution in [1.82, 2.24) is 20.0 Å². The first kappa shape index (κ1) is 15.4. The van der Waals surface area contributed by atoms with E-state index in [-0.39, 0.29) is 17.8 Å². The molecule has 0 saturated heterocycles. The van der Waals surface area contributed by atoms with Gasteiger partial charge >= 0.3 is 6.03 Å². The van der Waals surface area contributed by atoms with Crippen LogP contribution in [0, 0.1) is 0 Å². The normalized spacial score (nSPS) is 15.2. The van der Waals surface area contributed by atoms with Gasteiger partial charge < -0.3 is 15.3 Å². The van der Waals surface area contributed by atoms with Gasteiger partial charge in [-0.25, -0.2) is 4.79 Å². The molecule has 0 radical (unpaired) electrons. The molecule has 6 heteroatoms. The summed E-state index contributed by atoms with van der Waals surface area (Å²) in [5, 5.41) is 16.6. The average Bonchev–Trinajstić information content (AvgIpc) is 3.23. The third-order valence-corrected chi connectivity index (χ3v) is 3.93. The summed E-state index contributed by atoms with van der Waals surface area (Å²) in [5.41, 5.74) is 1.02. The van der Waals surface area contributed by atoms with Crippen molar-refractivity contribution in [3.63, 3.8) is 0 Å². The van der Waals surface area contributed by atoms with Crippen molar-refractivity contribution in [3.05, 3.63) is 48.3 Å². The number of rotatable bonds is 6. The Morgan fingerprint density at radius 2 is 2.17 bits per heavy atom. The second-order valence-electron chi connectivity index (χ2n) is 6.10. The third-order valence-electron chi connectivity index (χ3n) is 3.93. The zero-order chi connectivity index (χ0) is 16.2. The number of hydrogen-bond donors (Lipinski definition) is 2. The summed E-state index contributed by atoms with van der Waals surface area (Å²) in [6.45, 7) is 3.19. The van der Waals surface area contributed by atoms with E-state index >= 15 is 0 Å². The number of amides is 2. The molecule has 2 amide bonds. The Labute approximate surface area is 135 Å². The van der Waals surface area contributed by atoms with E-state index in [4.69, 9.17) is 0 Å². The Hall–Kier alpha value is -2.50. The van der Waals surface area contributed by atoms with E-state index in [0.29, 0.717) is 19.1 Å². The van der Waals surface area contributed by atoms with Crippen molar-refractivity contribution in [1.29, 1.82) is 0 Å². The van der Waals surface area contributed by atoms with Crippen molar-refractivity contribution in [2.45, 2.75) is 44.9 Å². The summed E-state index contributed by atoms with van der Waals surface area (Å²) >= 11 is 0. The summed E-state index contributed by atoms with van der Waals surface area (Å²) in [7, 11) is 0. The predicted octanol–water partition coefficient (Wildman–Crippen LogP) is 2.35. The first-order valence-corrected chi connectivity index (χ1v) is 7.94. The van der Waals surface area contributed by atoms with E-state index in [9.17, 15) is 9.90 Å². The zero-order valence-electron chi connectivity index (χ0n) is 13.2. The van der Waals surface area contributed by atoms with Crippen molar-refractivity contribution >= 4 is 6.03 Å². The van der Waals surface area contributed by atoms with Gasteiger partial charge in [-0.05, 0) is 43.5 Å². The smallest absolute Gasteiger partial charge is 0.318 e. The van der Waals surface area contributed by atoms with E-state index in [0.717, 1.165) is 18.4 Å². The quantitative estimate of drug-likeness (QED) is 0.860. The number of carbonyl (C=O) groups excluding carboxylic acids is 1. The molecule has 0 spiro atoms. The number of urea groups is 1. The third kappa shape index (κ3) is 4.25. The van der Waals surface area contributed by atoms with Gasteiger partial charge in [0.1, 0.15) is 5.75 Å². The topological polar surface area (TPSA) is 70.4 Å². The molecule has 1 atom stereocenters. The number of nitrogens with zero attached hydrogens (tertiary/aromatic N) is 3. The van der Waals surface area contributed by atoms with Crippen LogP contribution in [0.2, 0.25) is 0 Å². The first-order chi connectivity index (χ1) is 11.1. The van der Waals surface area contributed by atoms with Crippen LogP contribution in [0.4, 0.5) is 4.79 Å². The molecule has 2 aromatic rings. The van der Waals surface area contributed by atoms with E-state index in [1.165, 1.54) is 0 Å². The van der Waals surface area contributed by atoms with Gasteiger partial charge in [0.2, 0.25) is 0 Å². The Morgan fingerprint density at radius 3 is 2.78 bits per heavy atom. The number of benzene rings is 1. The lowest BCUT2D eigenvalue weighted by Gasteiger charge is -2.25. The highest BCUT2D eigenvalue weighted by molar-refractivity contribution is 5.75. The Bertz CT molecular complexity index is 635. The predicted molar refractivity (Wildman–Crippen MR) is 86.9 cm³/mol. The van der Waals surface area contributed by atoms with Gasteiger partial charge in [0.15, 0.2) is 0 Å². The minimum atomic E-state index is -0.0415. The minimum Gasteiger partial charge on any atom is -0.508 e. The summed E-state index contributed by atoms with van der Waals surface area (Å²) in [5.74, 6) is 0.240. The van der Waals surface area contributed by atoms with Gasteiger partial charge in [-0.3, -0.25) is 4.68 Å². The van der Waals surface area contributed by atoms with Crippen LogP contribution >= 0.6 is 0 Å². The lowest BCUT2D eigenvalue weighted by molar-refractivity contribution is 0.187. The molecule has 1 unspecified atom stereocenters. The van der Waals surface area contributed by atoms with Crippen molar-refractivity contribution in [2.75, 3.05) is 0 Å². The number of phenolic OH excluding ortho intramolecular Hbond substituents is 1. The molecule has 23 heavy (non-hydrogen) atoms. The van der Waals surface area contributed by atoms with Gasteiger partial charge in [-0.15, -0.1) is 0 Å². The SMILES string of the molecule is CC(Cn1cccn1)NC(=O)N(Cc1ccc(O)cc1)C1CC1. The zero-order valence-corrected chi connectivity index (χ0v) is 13.2. The number of hydrogen-bond acceptors (Lipinski definition) is 3. The molecular weight excluding hydrogens is 292 g/mol. The molecule has 1 aliphatic carbocycles. The standard InChI is InChI=1S/C17H22N4O2/c1-13(11-20-10-2-9-18-20)19-17(23)21(15-5-6-15)12-14-3-7-16(22)8-4-14/h2-4,7-10,13,15,22H,5-6,11-12H2,1H3,(H,19,23). The Balaban J connectivity index is 1.59. The maximum Gasteiger partial charge on any atom is 0.318 e. The molecule has 122 valence electrons. The number of carbonyl (C=O) groups is 1. The van der Waals surface area contributed by atoms with Crippen LogP contribution in [0.25, 0.3) is 0 Å². The van der Waals surface area contributed by atoms with Gasteiger partial charge in [0.25, 0.3) is 0 Å². The van der Waals surface area contributed by atoms with Gasteiger partial charge in [-0.2, -0.15) is 5.10 Å². The summed E-state index contributed by atoms with van der Waals surface area (Å²) in [6, 6.07) is 9.16. The second-order valence-corrected chi connectivity index (χ2v) is 6.10. The molecule has 1 aromatic heterocycles. The molecule has 0 aliphatic heterocycles. The van der Waals surface area contributed by atoms with E-state index in [1.54, 1.807) is 18.3 Å². The fourth-order valence-corrected chi connectivity index (χ4v) is 2.58. The molecule has 3 rings (SSSR count). The van der Waals surface area contributed by atoms with E-state index in [2.05, 4.69) is 10.4 Å². The highest BCUT2D eigenvalue weighted by Crippen LogP contribution is 2.28. The lowest BCUT2D eigenvalue weighted by Crippen LogP contribution is -2.45. The van der Waals surface area contributed by atoms with E-state index < -0.39 is 0 Å². The molecule has 0 bridgehead atoms. The summed E-state index contributed by atoms with van der Waals surface area (Å²) in [4.78, 5) is 14.5. The summed E-state index contributed by atoms with van der Waals surface area (Å²) < 4.78 is 1.81. The fourth-order valence-electron chi connectivity index (χ4n) is 2.58. The monoisotopic (exact) mass is 314 g/mol. The van der Waals surface area contributed by atoms with Crippen LogP contribution in [0.1, 0.15) is 25.3 Å². The number of aromatic hydroxyl groups is 1. The molecule has 1 heterocycles. The van der Waals surface area contributed by atoms with Gasteiger partial charge in [0, 0.05) is 31.0 Å². The average molecular weight is 314 g/mol. The maximum atomic E-state index is 12.6. The molecule has 6 nitrogen and oxygen atoms in total. The molecule has 2 N–H and O–H groups in total. The van der Waals surface area contributed by atoms with Crippen LogP contribution < -0.4 is 5.32 Å². The Morgan fingerprint density at radius 1 is 1.43 bits per heavy atom. The molecule has 1 aliphatic rings. The van der Waals surface area contributed by atoms with Gasteiger partial charge in [-0.1, -0.05) is 12.1 Å². The van der Waals surface area contributed by atoms with Crippen LogP contribution in [-0.2, 0) is 13.1 Å². The minimum absolute atomic E-state index is 0.00321. The summed E-state index contributed by atoms with van der Waals surface area (Å²) in [6.07, 6.45) is 5.73. The first-order valence-electron chi connectivity index (χ1n) is 7.94. The molecule has 1 aromatic carbocycles. The number of aromatic nitrogens is 2. The van der Waals surface area contributed by atoms with Crippen molar-refractivity contribution in [2.24, 2.45) is 0 Å². The van der Waals surface area contributed by atoms with Crippen LogP contribution in [-0.4, -0.2) is 37.9 Å². The van der Waals surface area contributed by atoms with Crippen LogP contribution in [0.3, 0.4) is 0 Å². The second kappa shape index (κ2) is 6.73. The van der Waals surface area contributed by atoms with Crippen molar-refractivity contribution in [3.8, 4) is 5.75 Å². The van der Waals surface area contributed by atoms with Gasteiger partial charge in [0.05, 0.1) is 6.54 Å². The Kier molecular flexibility index (Phi) is 4.50. The highest BCUT2D eigenvalue weighted by atomic mass is 16.3. The number of phenols is 1. The molecule has 1 fully saturated rings. The number of nitrogens with one attached hydrogen (secondary N) is 1. The largest absolute Gasteiger partial charge is 0.508 e. The lowest BCUT2D eigenvalue weighted by atomic mass is 10.2. The fraction of sp³-hybridized carbons (Fsp3) is 0.412. The highest BCUT2D eigenvalue weighted by Gasteiger charge is 2.33. The maximum absolute atomic E-state index is 12.6. The molecular formula is C17H22N4O2.